The Hall–Kier alpha value is -1.82. The van der Waals surface area contributed by atoms with Crippen LogP contribution in [0.25, 0.3) is 0 Å². The van der Waals surface area contributed by atoms with Gasteiger partial charge in [-0.05, 0) is 56.9 Å². The number of aliphatic imine (C=N–C) groups is 1. The quantitative estimate of drug-likeness (QED) is 0.431. The van der Waals surface area contributed by atoms with E-state index in [1.165, 1.54) is 32.5 Å². The van der Waals surface area contributed by atoms with Gasteiger partial charge < -0.3 is 20.3 Å². The predicted octanol–water partition coefficient (Wildman–Crippen LogP) is 1.75. The Morgan fingerprint density at radius 3 is 2.83 bits per heavy atom. The van der Waals surface area contributed by atoms with E-state index in [-0.39, 0.29) is 0 Å². The van der Waals surface area contributed by atoms with Crippen LogP contribution in [0.5, 0.6) is 5.75 Å². The normalized spacial score (nSPS) is 16.8. The third-order valence-corrected chi connectivity index (χ3v) is 4.34. The third kappa shape index (κ3) is 7.17. The van der Waals surface area contributed by atoms with E-state index in [0.29, 0.717) is 13.2 Å². The summed E-state index contributed by atoms with van der Waals surface area (Å²) in [7, 11) is 1.79. The Morgan fingerprint density at radius 1 is 1.33 bits per heavy atom. The number of rotatable bonds is 8. The molecule has 0 radical (unpaired) electrons. The average Bonchev–Trinajstić information content (AvgIpc) is 2.62. The number of pyridine rings is 1. The van der Waals surface area contributed by atoms with Crippen molar-refractivity contribution in [1.82, 2.24) is 20.5 Å². The summed E-state index contributed by atoms with van der Waals surface area (Å²) in [4.78, 5) is 10.8. The number of likely N-dealkylation sites (tertiary alicyclic amines) is 1. The van der Waals surface area contributed by atoms with E-state index in [1.54, 1.807) is 19.4 Å². The van der Waals surface area contributed by atoms with E-state index in [9.17, 15) is 0 Å². The molecule has 0 spiro atoms. The molecule has 1 fully saturated rings. The molecule has 1 aliphatic rings. The van der Waals surface area contributed by atoms with Crippen molar-refractivity contribution >= 4 is 5.96 Å². The lowest BCUT2D eigenvalue weighted by Gasteiger charge is -2.30. The van der Waals surface area contributed by atoms with Gasteiger partial charge in [0.15, 0.2) is 5.96 Å². The first-order valence-electron chi connectivity index (χ1n) is 8.97. The summed E-state index contributed by atoms with van der Waals surface area (Å²) < 4.78 is 5.60. The summed E-state index contributed by atoms with van der Waals surface area (Å²) in [5.74, 6) is 2.52. The van der Waals surface area contributed by atoms with E-state index in [2.05, 4.69) is 32.4 Å². The molecule has 0 aliphatic carbocycles. The van der Waals surface area contributed by atoms with Crippen LogP contribution in [0.2, 0.25) is 0 Å². The molecule has 2 rings (SSSR count). The number of piperidine rings is 1. The highest BCUT2D eigenvalue weighted by Crippen LogP contribution is 2.15. The average molecular weight is 333 g/mol. The molecular weight excluding hydrogens is 302 g/mol. The van der Waals surface area contributed by atoms with Crippen LogP contribution >= 0.6 is 0 Å². The SMILES string of the molecule is CN=C(NCCCN1CCC(C)CC1)NCCOc1cccnc1. The van der Waals surface area contributed by atoms with E-state index in [1.807, 2.05) is 12.1 Å². The zero-order chi connectivity index (χ0) is 17.0. The Balaban J connectivity index is 1.51. The highest BCUT2D eigenvalue weighted by atomic mass is 16.5. The van der Waals surface area contributed by atoms with Crippen LogP contribution in [0.1, 0.15) is 26.2 Å². The van der Waals surface area contributed by atoms with E-state index < -0.39 is 0 Å². The number of nitrogens with one attached hydrogen (secondary N) is 2. The maximum absolute atomic E-state index is 5.60. The highest BCUT2D eigenvalue weighted by Gasteiger charge is 2.14. The second-order valence-corrected chi connectivity index (χ2v) is 6.34. The van der Waals surface area contributed by atoms with E-state index in [4.69, 9.17) is 4.74 Å². The fourth-order valence-corrected chi connectivity index (χ4v) is 2.79. The Morgan fingerprint density at radius 2 is 2.12 bits per heavy atom. The van der Waals surface area contributed by atoms with Crippen molar-refractivity contribution in [2.45, 2.75) is 26.2 Å². The molecule has 24 heavy (non-hydrogen) atoms. The summed E-state index contributed by atoms with van der Waals surface area (Å²) >= 11 is 0. The molecular formula is C18H31N5O. The molecule has 0 atom stereocenters. The number of hydrogen-bond donors (Lipinski definition) is 2. The minimum absolute atomic E-state index is 0.582. The molecule has 6 heteroatoms. The lowest BCUT2D eigenvalue weighted by atomic mass is 9.99. The molecule has 0 unspecified atom stereocenters. The van der Waals surface area contributed by atoms with Crippen LogP contribution in [0, 0.1) is 5.92 Å². The molecule has 134 valence electrons. The summed E-state index contributed by atoms with van der Waals surface area (Å²) in [6, 6.07) is 3.77. The van der Waals surface area contributed by atoms with Gasteiger partial charge in [0, 0.05) is 19.8 Å². The van der Waals surface area contributed by atoms with Gasteiger partial charge in [-0.25, -0.2) is 0 Å². The van der Waals surface area contributed by atoms with Gasteiger partial charge in [0.25, 0.3) is 0 Å². The van der Waals surface area contributed by atoms with E-state index >= 15 is 0 Å². The zero-order valence-electron chi connectivity index (χ0n) is 15.0. The molecule has 0 saturated carbocycles. The van der Waals surface area contributed by atoms with Crippen LogP contribution in [-0.2, 0) is 0 Å². The van der Waals surface area contributed by atoms with Crippen molar-refractivity contribution in [2.24, 2.45) is 10.9 Å². The van der Waals surface area contributed by atoms with Crippen LogP contribution in [-0.4, -0.2) is 62.2 Å². The first-order valence-corrected chi connectivity index (χ1v) is 8.97. The smallest absolute Gasteiger partial charge is 0.191 e. The van der Waals surface area contributed by atoms with Crippen molar-refractivity contribution in [1.29, 1.82) is 0 Å². The van der Waals surface area contributed by atoms with Gasteiger partial charge in [-0.2, -0.15) is 0 Å². The monoisotopic (exact) mass is 333 g/mol. The van der Waals surface area contributed by atoms with Gasteiger partial charge in [-0.15, -0.1) is 0 Å². The van der Waals surface area contributed by atoms with Gasteiger partial charge in [0.1, 0.15) is 12.4 Å². The van der Waals surface area contributed by atoms with Gasteiger partial charge in [0.05, 0.1) is 12.7 Å². The van der Waals surface area contributed by atoms with Crippen molar-refractivity contribution in [3.63, 3.8) is 0 Å². The summed E-state index contributed by atoms with van der Waals surface area (Å²) in [6.07, 6.45) is 7.28. The summed E-state index contributed by atoms with van der Waals surface area (Å²) in [6.45, 7) is 8.25. The standard InChI is InChI=1S/C18H31N5O/c1-16-6-12-23(13-7-16)11-4-9-21-18(19-2)22-10-14-24-17-5-3-8-20-15-17/h3,5,8,15-16H,4,6-7,9-14H2,1-2H3,(H2,19,21,22). The molecule has 1 aromatic rings. The molecule has 6 nitrogen and oxygen atoms in total. The van der Waals surface area contributed by atoms with Crippen LogP contribution in [0.15, 0.2) is 29.5 Å². The van der Waals surface area contributed by atoms with Crippen LogP contribution in [0.3, 0.4) is 0 Å². The second-order valence-electron chi connectivity index (χ2n) is 6.34. The number of guanidine groups is 1. The van der Waals surface area contributed by atoms with Crippen LogP contribution < -0.4 is 15.4 Å². The van der Waals surface area contributed by atoms with E-state index in [0.717, 1.165) is 30.6 Å². The van der Waals surface area contributed by atoms with Crippen LogP contribution in [0.4, 0.5) is 0 Å². The Labute approximate surface area is 145 Å². The number of hydrogen-bond acceptors (Lipinski definition) is 4. The minimum atomic E-state index is 0.582. The van der Waals surface area contributed by atoms with Crippen molar-refractivity contribution < 1.29 is 4.74 Å². The first-order chi connectivity index (χ1) is 11.8. The fourth-order valence-electron chi connectivity index (χ4n) is 2.79. The molecule has 1 saturated heterocycles. The second kappa shape index (κ2) is 10.9. The first kappa shape index (κ1) is 18.5. The number of nitrogens with zero attached hydrogens (tertiary/aromatic N) is 3. The van der Waals surface area contributed by atoms with Crippen molar-refractivity contribution in [3.05, 3.63) is 24.5 Å². The van der Waals surface area contributed by atoms with Gasteiger partial charge in [-0.3, -0.25) is 9.98 Å². The zero-order valence-corrected chi connectivity index (χ0v) is 15.0. The maximum Gasteiger partial charge on any atom is 0.191 e. The van der Waals surface area contributed by atoms with Crippen molar-refractivity contribution in [3.8, 4) is 5.75 Å². The minimum Gasteiger partial charge on any atom is -0.490 e. The summed E-state index contributed by atoms with van der Waals surface area (Å²) in [5.41, 5.74) is 0. The molecule has 2 heterocycles. The fraction of sp³-hybridized carbons (Fsp3) is 0.667. The summed E-state index contributed by atoms with van der Waals surface area (Å²) in [5, 5.41) is 6.62. The van der Waals surface area contributed by atoms with Gasteiger partial charge in [-0.1, -0.05) is 6.92 Å². The predicted molar refractivity (Wildman–Crippen MR) is 98.6 cm³/mol. The van der Waals surface area contributed by atoms with Gasteiger partial charge in [0.2, 0.25) is 0 Å². The largest absolute Gasteiger partial charge is 0.490 e. The Bertz CT molecular complexity index is 472. The molecule has 2 N–H and O–H groups in total. The molecule has 1 aliphatic heterocycles. The lowest BCUT2D eigenvalue weighted by Crippen LogP contribution is -2.41. The highest BCUT2D eigenvalue weighted by molar-refractivity contribution is 5.79. The topological polar surface area (TPSA) is 61.8 Å². The molecule has 0 bridgehead atoms. The van der Waals surface area contributed by atoms with Gasteiger partial charge >= 0.3 is 0 Å². The number of aromatic nitrogens is 1. The van der Waals surface area contributed by atoms with Crippen molar-refractivity contribution in [2.75, 3.05) is 46.4 Å². The third-order valence-electron chi connectivity index (χ3n) is 4.34. The molecule has 1 aromatic heterocycles. The number of ether oxygens (including phenoxy) is 1. The Kier molecular flexibility index (Phi) is 8.38. The molecule has 0 aromatic carbocycles. The molecule has 0 amide bonds. The maximum atomic E-state index is 5.60. The lowest BCUT2D eigenvalue weighted by molar-refractivity contribution is 0.191.